The fourth-order valence-electron chi connectivity index (χ4n) is 9.57. The summed E-state index contributed by atoms with van der Waals surface area (Å²) in [7, 11) is -0.251. The van der Waals surface area contributed by atoms with E-state index in [1.165, 1.54) is 21.2 Å². The van der Waals surface area contributed by atoms with Gasteiger partial charge in [-0.05, 0) is 56.3 Å². The zero-order valence-corrected chi connectivity index (χ0v) is 34.7. The SMILES string of the molecule is COCC1(P(=O)(c2ccccc2)c2ccccc2)C[C@](COC)(P(c2ccccc2)c2ccccc2)C[C@](COC)(P(c2ccccc2)c2ccccc2)C1. The van der Waals surface area contributed by atoms with Crippen molar-refractivity contribution in [3.63, 3.8) is 0 Å². The van der Waals surface area contributed by atoms with Gasteiger partial charge in [0.1, 0.15) is 0 Å². The van der Waals surface area contributed by atoms with Crippen molar-refractivity contribution in [1.29, 1.82) is 0 Å². The smallest absolute Gasteiger partial charge is 0.151 e. The molecule has 55 heavy (non-hydrogen) atoms. The van der Waals surface area contributed by atoms with Gasteiger partial charge in [-0.25, -0.2) is 0 Å². The highest BCUT2D eigenvalue weighted by Crippen LogP contribution is 2.74. The van der Waals surface area contributed by atoms with Gasteiger partial charge in [-0.2, -0.15) is 0 Å². The Hall–Kier alpha value is -3.71. The molecule has 1 aliphatic carbocycles. The molecule has 0 aromatic heterocycles. The molecule has 282 valence electrons. The second kappa shape index (κ2) is 17.6. The highest BCUT2D eigenvalue weighted by molar-refractivity contribution is 7.80. The second-order valence-electron chi connectivity index (χ2n) is 14.8. The standard InChI is InChI=1S/C48H51O4P3/c1-50-37-46(53(40-22-10-4-11-23-40)41-24-12-5-13-25-41)34-47(38-51-2,54(42-26-14-6-15-27-42)43-28-16-7-17-29-43)36-48(35-46,39-52-3)55(49,44-30-18-8-19-31-44)45-32-20-9-21-33-45/h4-33H,34-39H2,1-3H3/t46-,47+,48?. The lowest BCUT2D eigenvalue weighted by Gasteiger charge is -2.61. The Balaban J connectivity index is 1.63. The number of rotatable bonds is 15. The van der Waals surface area contributed by atoms with Crippen molar-refractivity contribution in [1.82, 2.24) is 0 Å². The van der Waals surface area contributed by atoms with E-state index in [9.17, 15) is 0 Å². The molecule has 0 heterocycles. The molecule has 7 rings (SSSR count). The van der Waals surface area contributed by atoms with Crippen molar-refractivity contribution in [3.05, 3.63) is 182 Å². The zero-order chi connectivity index (χ0) is 38.2. The first-order valence-corrected chi connectivity index (χ1v) is 23.3. The van der Waals surface area contributed by atoms with E-state index in [2.05, 4.69) is 146 Å². The summed E-state index contributed by atoms with van der Waals surface area (Å²) in [4.78, 5) is 0. The van der Waals surface area contributed by atoms with Crippen LogP contribution >= 0.6 is 23.0 Å². The quantitative estimate of drug-likeness (QED) is 0.0980. The third-order valence-corrected chi connectivity index (χ3v) is 21.0. The van der Waals surface area contributed by atoms with E-state index >= 15 is 4.57 Å². The Morgan fingerprint density at radius 3 is 0.964 bits per heavy atom. The van der Waals surface area contributed by atoms with Crippen molar-refractivity contribution in [3.8, 4) is 0 Å². The van der Waals surface area contributed by atoms with Crippen LogP contribution in [0.25, 0.3) is 0 Å². The van der Waals surface area contributed by atoms with Crippen LogP contribution in [0.4, 0.5) is 0 Å². The summed E-state index contributed by atoms with van der Waals surface area (Å²) in [6, 6.07) is 64.3. The van der Waals surface area contributed by atoms with Crippen molar-refractivity contribution < 1.29 is 18.8 Å². The first-order valence-electron chi connectivity index (χ1n) is 18.9. The average Bonchev–Trinajstić information content (AvgIpc) is 3.23. The van der Waals surface area contributed by atoms with Crippen LogP contribution in [0.3, 0.4) is 0 Å². The molecule has 0 N–H and O–H groups in total. The normalized spacial score (nSPS) is 21.5. The molecule has 4 nitrogen and oxygen atoms in total. The van der Waals surface area contributed by atoms with Gasteiger partial charge >= 0.3 is 0 Å². The Kier molecular flexibility index (Phi) is 12.7. The molecule has 0 bridgehead atoms. The predicted molar refractivity (Wildman–Crippen MR) is 236 cm³/mol. The van der Waals surface area contributed by atoms with Crippen molar-refractivity contribution in [2.45, 2.75) is 34.7 Å². The van der Waals surface area contributed by atoms with Crippen LogP contribution < -0.4 is 31.8 Å². The van der Waals surface area contributed by atoms with Crippen LogP contribution in [-0.2, 0) is 18.8 Å². The number of benzene rings is 6. The maximum absolute atomic E-state index is 17.3. The van der Waals surface area contributed by atoms with Gasteiger partial charge in [0.2, 0.25) is 0 Å². The topological polar surface area (TPSA) is 44.8 Å². The summed E-state index contributed by atoms with van der Waals surface area (Å²) in [5, 5.41) is 4.97. The third-order valence-electron chi connectivity index (χ3n) is 11.1. The van der Waals surface area contributed by atoms with Gasteiger partial charge in [0.25, 0.3) is 0 Å². The minimum absolute atomic E-state index is 0.310. The summed E-state index contributed by atoms with van der Waals surface area (Å²) < 4.78 is 36.8. The Morgan fingerprint density at radius 2 is 0.691 bits per heavy atom. The molecule has 6 aromatic rings. The van der Waals surface area contributed by atoms with E-state index in [4.69, 9.17) is 14.2 Å². The largest absolute Gasteiger partial charge is 0.384 e. The average molecular weight is 785 g/mol. The molecular weight excluding hydrogens is 733 g/mol. The minimum Gasteiger partial charge on any atom is -0.384 e. The summed E-state index contributed by atoms with van der Waals surface area (Å²) in [5.41, 5.74) is 0. The third kappa shape index (κ3) is 7.72. The molecule has 0 amide bonds. The maximum Gasteiger partial charge on any atom is 0.151 e. The van der Waals surface area contributed by atoms with Crippen molar-refractivity contribution >= 4 is 54.8 Å². The van der Waals surface area contributed by atoms with E-state index < -0.39 is 38.5 Å². The van der Waals surface area contributed by atoms with Crippen LogP contribution in [-0.4, -0.2) is 56.6 Å². The molecular formula is C48H51O4P3. The van der Waals surface area contributed by atoms with Gasteiger partial charge in [-0.1, -0.05) is 182 Å². The molecule has 1 aliphatic rings. The number of methoxy groups -OCH3 is 3. The van der Waals surface area contributed by atoms with Gasteiger partial charge in [-0.15, -0.1) is 0 Å². The summed E-state index contributed by atoms with van der Waals surface area (Å²) in [6.45, 7) is 1.27. The van der Waals surface area contributed by atoms with Crippen molar-refractivity contribution in [2.24, 2.45) is 0 Å². The number of hydrogen-bond acceptors (Lipinski definition) is 4. The molecule has 0 spiro atoms. The van der Waals surface area contributed by atoms with Crippen LogP contribution in [0.5, 0.6) is 0 Å². The summed E-state index contributed by atoms with van der Waals surface area (Å²) in [6.07, 6.45) is 2.08. The van der Waals surface area contributed by atoms with Gasteiger partial charge in [0.15, 0.2) is 7.14 Å². The molecule has 0 aliphatic heterocycles. The first-order chi connectivity index (χ1) is 26.9. The van der Waals surface area contributed by atoms with Crippen LogP contribution in [0.15, 0.2) is 182 Å². The van der Waals surface area contributed by atoms with Crippen LogP contribution in [0, 0.1) is 0 Å². The Labute approximate surface area is 330 Å². The van der Waals surface area contributed by atoms with Crippen LogP contribution in [0.2, 0.25) is 0 Å². The lowest BCUT2D eigenvalue weighted by atomic mass is 9.73. The van der Waals surface area contributed by atoms with E-state index in [0.717, 1.165) is 17.0 Å². The number of hydrogen-bond donors (Lipinski definition) is 0. The molecule has 0 saturated heterocycles. The summed E-state index contributed by atoms with van der Waals surface area (Å²) >= 11 is 0. The monoisotopic (exact) mass is 784 g/mol. The van der Waals surface area contributed by atoms with E-state index in [-0.39, 0.29) is 0 Å². The molecule has 7 heteroatoms. The number of ether oxygens (including phenoxy) is 3. The molecule has 6 aromatic carbocycles. The summed E-state index contributed by atoms with van der Waals surface area (Å²) in [5.74, 6) is 0. The lowest BCUT2D eigenvalue weighted by molar-refractivity contribution is 0.0627. The molecule has 1 saturated carbocycles. The van der Waals surface area contributed by atoms with Gasteiger partial charge in [0.05, 0.1) is 25.0 Å². The minimum atomic E-state index is -3.52. The second-order valence-corrected chi connectivity index (χ2v) is 23.3. The van der Waals surface area contributed by atoms with Crippen molar-refractivity contribution in [2.75, 3.05) is 41.2 Å². The predicted octanol–water partition coefficient (Wildman–Crippen LogP) is 8.61. The van der Waals surface area contributed by atoms with E-state index in [1.807, 2.05) is 50.6 Å². The molecule has 1 fully saturated rings. The fraction of sp³-hybridized carbons (Fsp3) is 0.250. The Morgan fingerprint density at radius 1 is 0.418 bits per heavy atom. The zero-order valence-electron chi connectivity index (χ0n) is 32.0. The molecule has 1 unspecified atom stereocenters. The van der Waals surface area contributed by atoms with Gasteiger partial charge in [0, 0.05) is 42.3 Å². The highest BCUT2D eigenvalue weighted by atomic mass is 31.2. The molecule has 0 radical (unpaired) electrons. The van der Waals surface area contributed by atoms with E-state index in [0.29, 0.717) is 32.7 Å². The maximum atomic E-state index is 17.3. The lowest BCUT2D eigenvalue weighted by Crippen LogP contribution is -2.63. The fourth-order valence-corrected chi connectivity index (χ4v) is 20.9. The first kappa shape index (κ1) is 39.5. The van der Waals surface area contributed by atoms with Gasteiger partial charge < -0.3 is 18.8 Å². The highest BCUT2D eigenvalue weighted by Gasteiger charge is 2.66. The van der Waals surface area contributed by atoms with E-state index in [1.54, 1.807) is 7.11 Å². The van der Waals surface area contributed by atoms with Gasteiger partial charge in [-0.3, -0.25) is 0 Å². The van der Waals surface area contributed by atoms with Crippen LogP contribution in [0.1, 0.15) is 19.3 Å². The molecule has 3 atom stereocenters. The Bertz CT molecular complexity index is 1900.